The van der Waals surface area contributed by atoms with Gasteiger partial charge in [-0.25, -0.2) is 4.98 Å². The average Bonchev–Trinajstić information content (AvgIpc) is 2.99. The molecule has 0 amide bonds. The van der Waals surface area contributed by atoms with Crippen molar-refractivity contribution in [1.29, 1.82) is 0 Å². The molecule has 2 aliphatic rings. The minimum atomic E-state index is -0.314. The van der Waals surface area contributed by atoms with E-state index >= 15 is 0 Å². The van der Waals surface area contributed by atoms with Crippen LogP contribution in [-0.4, -0.2) is 71.4 Å². The van der Waals surface area contributed by atoms with Gasteiger partial charge in [0.2, 0.25) is 0 Å². The molecule has 3 rings (SSSR count). The minimum absolute atomic E-state index is 0.194. The second-order valence-electron chi connectivity index (χ2n) is 5.26. The molecule has 0 aromatic carbocycles. The summed E-state index contributed by atoms with van der Waals surface area (Å²) in [5, 5.41) is 13.1. The first kappa shape index (κ1) is 13.5. The van der Waals surface area contributed by atoms with Crippen LogP contribution in [0.2, 0.25) is 0 Å². The number of aliphatic hydroxyl groups is 1. The van der Waals surface area contributed by atoms with Crippen LogP contribution < -0.4 is 0 Å². The summed E-state index contributed by atoms with van der Waals surface area (Å²) in [6.45, 7) is 6.34. The van der Waals surface area contributed by atoms with Crippen LogP contribution in [0, 0.1) is 0 Å². The van der Waals surface area contributed by atoms with E-state index in [-0.39, 0.29) is 12.1 Å². The molecule has 2 fully saturated rings. The van der Waals surface area contributed by atoms with Crippen molar-refractivity contribution in [3.63, 3.8) is 0 Å². The first-order chi connectivity index (χ1) is 9.33. The SMILES string of the molecule is O[C@@H]1COC[C@H]1N1CCCN(Cc2nccs2)CC1. The maximum atomic E-state index is 9.92. The maximum absolute atomic E-state index is 9.92. The van der Waals surface area contributed by atoms with Crippen LogP contribution >= 0.6 is 11.3 Å². The summed E-state index contributed by atoms with van der Waals surface area (Å²) in [5.74, 6) is 0. The zero-order valence-corrected chi connectivity index (χ0v) is 11.9. The van der Waals surface area contributed by atoms with Gasteiger partial charge < -0.3 is 9.84 Å². The lowest BCUT2D eigenvalue weighted by Gasteiger charge is -2.28. The summed E-state index contributed by atoms with van der Waals surface area (Å²) in [7, 11) is 0. The maximum Gasteiger partial charge on any atom is 0.107 e. The van der Waals surface area contributed by atoms with E-state index in [1.807, 2.05) is 11.6 Å². The van der Waals surface area contributed by atoms with Gasteiger partial charge in [-0.15, -0.1) is 11.3 Å². The van der Waals surface area contributed by atoms with Crippen LogP contribution in [0.15, 0.2) is 11.6 Å². The van der Waals surface area contributed by atoms with E-state index in [4.69, 9.17) is 4.74 Å². The molecule has 1 aromatic rings. The lowest BCUT2D eigenvalue weighted by atomic mass is 10.2. The Morgan fingerprint density at radius 2 is 2.26 bits per heavy atom. The molecule has 0 spiro atoms. The Morgan fingerprint density at radius 3 is 3.00 bits per heavy atom. The highest BCUT2D eigenvalue weighted by atomic mass is 32.1. The molecule has 2 atom stereocenters. The summed E-state index contributed by atoms with van der Waals surface area (Å²) < 4.78 is 5.36. The van der Waals surface area contributed by atoms with Gasteiger partial charge in [0.25, 0.3) is 0 Å². The second kappa shape index (κ2) is 6.28. The van der Waals surface area contributed by atoms with Gasteiger partial charge in [0.05, 0.1) is 31.9 Å². The van der Waals surface area contributed by atoms with Crippen molar-refractivity contribution in [1.82, 2.24) is 14.8 Å². The molecule has 2 aliphatic heterocycles. The van der Waals surface area contributed by atoms with Crippen molar-refractivity contribution < 1.29 is 9.84 Å². The third-order valence-electron chi connectivity index (χ3n) is 3.96. The van der Waals surface area contributed by atoms with Gasteiger partial charge in [0.15, 0.2) is 0 Å². The number of nitrogens with zero attached hydrogens (tertiary/aromatic N) is 3. The largest absolute Gasteiger partial charge is 0.389 e. The summed E-state index contributed by atoms with van der Waals surface area (Å²) in [4.78, 5) is 9.20. The van der Waals surface area contributed by atoms with Crippen LogP contribution in [-0.2, 0) is 11.3 Å². The van der Waals surface area contributed by atoms with Crippen LogP contribution in [0.3, 0.4) is 0 Å². The number of thiazole rings is 1. The van der Waals surface area contributed by atoms with E-state index in [1.165, 1.54) is 5.01 Å². The van der Waals surface area contributed by atoms with Gasteiger partial charge in [-0.3, -0.25) is 9.80 Å². The number of aliphatic hydroxyl groups excluding tert-OH is 1. The Bertz CT molecular complexity index is 387. The molecule has 106 valence electrons. The molecular weight excluding hydrogens is 262 g/mol. The molecule has 6 heteroatoms. The number of aromatic nitrogens is 1. The monoisotopic (exact) mass is 283 g/mol. The quantitative estimate of drug-likeness (QED) is 0.871. The van der Waals surface area contributed by atoms with Crippen molar-refractivity contribution in [2.24, 2.45) is 0 Å². The Labute approximate surface area is 117 Å². The average molecular weight is 283 g/mol. The molecule has 0 aliphatic carbocycles. The van der Waals surface area contributed by atoms with Crippen molar-refractivity contribution in [2.45, 2.75) is 25.1 Å². The lowest BCUT2D eigenvalue weighted by molar-refractivity contribution is 0.0837. The predicted octanol–water partition coefficient (Wildman–Crippen LogP) is 0.411. The number of rotatable bonds is 3. The van der Waals surface area contributed by atoms with Gasteiger partial charge in [0, 0.05) is 24.7 Å². The van der Waals surface area contributed by atoms with E-state index in [1.54, 1.807) is 11.3 Å². The Morgan fingerprint density at radius 1 is 1.32 bits per heavy atom. The van der Waals surface area contributed by atoms with Crippen molar-refractivity contribution in [3.8, 4) is 0 Å². The van der Waals surface area contributed by atoms with E-state index in [0.717, 1.165) is 39.1 Å². The highest BCUT2D eigenvalue weighted by Crippen LogP contribution is 2.17. The summed E-state index contributed by atoms with van der Waals surface area (Å²) in [5.41, 5.74) is 0. The Balaban J connectivity index is 1.53. The number of hydrogen-bond acceptors (Lipinski definition) is 6. The second-order valence-corrected chi connectivity index (χ2v) is 6.24. The zero-order chi connectivity index (χ0) is 13.1. The molecule has 2 saturated heterocycles. The molecule has 0 saturated carbocycles. The number of hydrogen-bond donors (Lipinski definition) is 1. The summed E-state index contributed by atoms with van der Waals surface area (Å²) in [6, 6.07) is 0.194. The molecule has 1 aromatic heterocycles. The lowest BCUT2D eigenvalue weighted by Crippen LogP contribution is -2.44. The Hall–Kier alpha value is -0.530. The summed E-state index contributed by atoms with van der Waals surface area (Å²) >= 11 is 1.72. The smallest absolute Gasteiger partial charge is 0.107 e. The minimum Gasteiger partial charge on any atom is -0.389 e. The third-order valence-corrected chi connectivity index (χ3v) is 4.72. The molecule has 19 heavy (non-hydrogen) atoms. The van der Waals surface area contributed by atoms with Crippen molar-refractivity contribution in [3.05, 3.63) is 16.6 Å². The highest BCUT2D eigenvalue weighted by molar-refractivity contribution is 7.09. The standard InChI is InChI=1S/C13H21N3O2S/c17-12-10-18-9-11(12)16-4-1-3-15(5-6-16)8-13-14-2-7-19-13/h2,7,11-12,17H,1,3-6,8-10H2/t11-,12-/m1/s1. The van der Waals surface area contributed by atoms with Gasteiger partial charge in [0.1, 0.15) is 5.01 Å². The van der Waals surface area contributed by atoms with Crippen molar-refractivity contribution in [2.75, 3.05) is 39.4 Å². The van der Waals surface area contributed by atoms with E-state index in [2.05, 4.69) is 14.8 Å². The topological polar surface area (TPSA) is 48.8 Å². The van der Waals surface area contributed by atoms with Crippen LogP contribution in [0.25, 0.3) is 0 Å². The van der Waals surface area contributed by atoms with E-state index in [0.29, 0.717) is 13.2 Å². The number of ether oxygens (including phenoxy) is 1. The fraction of sp³-hybridized carbons (Fsp3) is 0.769. The van der Waals surface area contributed by atoms with Crippen LogP contribution in [0.1, 0.15) is 11.4 Å². The fourth-order valence-electron chi connectivity index (χ4n) is 2.88. The highest BCUT2D eigenvalue weighted by Gasteiger charge is 2.32. The normalized spacial score (nSPS) is 30.6. The molecule has 5 nitrogen and oxygen atoms in total. The first-order valence-corrected chi connectivity index (χ1v) is 7.81. The zero-order valence-electron chi connectivity index (χ0n) is 11.1. The fourth-order valence-corrected chi connectivity index (χ4v) is 3.54. The van der Waals surface area contributed by atoms with Gasteiger partial charge in [-0.2, -0.15) is 0 Å². The van der Waals surface area contributed by atoms with Gasteiger partial charge >= 0.3 is 0 Å². The van der Waals surface area contributed by atoms with E-state index < -0.39 is 0 Å². The van der Waals surface area contributed by atoms with Crippen LogP contribution in [0.4, 0.5) is 0 Å². The first-order valence-electron chi connectivity index (χ1n) is 6.93. The molecule has 3 heterocycles. The molecule has 1 N–H and O–H groups in total. The molecule has 0 radical (unpaired) electrons. The predicted molar refractivity (Wildman–Crippen MR) is 74.2 cm³/mol. The van der Waals surface area contributed by atoms with Gasteiger partial charge in [-0.05, 0) is 19.5 Å². The molecule has 0 bridgehead atoms. The Kier molecular flexibility index (Phi) is 4.45. The summed E-state index contributed by atoms with van der Waals surface area (Å²) in [6.07, 6.45) is 2.70. The van der Waals surface area contributed by atoms with Crippen molar-refractivity contribution >= 4 is 11.3 Å². The molecular formula is C13H21N3O2S. The third kappa shape index (κ3) is 3.32. The van der Waals surface area contributed by atoms with E-state index in [9.17, 15) is 5.11 Å². The van der Waals surface area contributed by atoms with Gasteiger partial charge in [-0.1, -0.05) is 0 Å². The molecule has 0 unspecified atom stereocenters. The van der Waals surface area contributed by atoms with Crippen LogP contribution in [0.5, 0.6) is 0 Å².